The number of fused-ring (bicyclic) bond motifs is 1. The third kappa shape index (κ3) is 5.39. The second kappa shape index (κ2) is 11.2. The number of hydrogen-bond acceptors (Lipinski definition) is 7. The van der Waals surface area contributed by atoms with E-state index in [2.05, 4.69) is 17.0 Å². The molecule has 0 bridgehead atoms. The highest BCUT2D eigenvalue weighted by molar-refractivity contribution is 7.15. The summed E-state index contributed by atoms with van der Waals surface area (Å²) in [5, 5.41) is 4.44. The van der Waals surface area contributed by atoms with E-state index >= 15 is 0 Å². The summed E-state index contributed by atoms with van der Waals surface area (Å²) in [7, 11) is 1.59. The van der Waals surface area contributed by atoms with Crippen LogP contribution < -0.4 is 24.3 Å². The molecule has 4 rings (SSSR count). The zero-order chi connectivity index (χ0) is 23.9. The van der Waals surface area contributed by atoms with Crippen molar-refractivity contribution in [3.63, 3.8) is 0 Å². The summed E-state index contributed by atoms with van der Waals surface area (Å²) in [6.45, 7) is 5.39. The van der Waals surface area contributed by atoms with Gasteiger partial charge in [0, 0.05) is 5.56 Å². The molecule has 0 N–H and O–H groups in total. The summed E-state index contributed by atoms with van der Waals surface area (Å²) in [6, 6.07) is 13.3. The monoisotopic (exact) mass is 479 g/mol. The van der Waals surface area contributed by atoms with E-state index in [0.29, 0.717) is 33.4 Å². The molecule has 0 atom stereocenters. The number of thiazole rings is 1. The van der Waals surface area contributed by atoms with Gasteiger partial charge in [-0.05, 0) is 61.4 Å². The lowest BCUT2D eigenvalue weighted by Gasteiger charge is -2.09. The second-order valence-electron chi connectivity index (χ2n) is 7.82. The van der Waals surface area contributed by atoms with Crippen LogP contribution in [0.1, 0.15) is 45.1 Å². The molecule has 8 heteroatoms. The molecule has 34 heavy (non-hydrogen) atoms. The highest BCUT2D eigenvalue weighted by Crippen LogP contribution is 2.28. The van der Waals surface area contributed by atoms with Crippen LogP contribution in [0.15, 0.2) is 47.3 Å². The van der Waals surface area contributed by atoms with Gasteiger partial charge in [0.2, 0.25) is 4.96 Å². The van der Waals surface area contributed by atoms with E-state index in [1.165, 1.54) is 35.1 Å². The standard InChI is InChI=1S/C26H29N3O4S/c1-4-6-7-8-15-33-20-12-10-19(11-13-20)24-27-26-29(28-24)25(30)23(34-26)17-18-9-14-21(32-5-2)22(16-18)31-3/h9-14,16-17H,4-8,15H2,1-3H3. The van der Waals surface area contributed by atoms with Crippen LogP contribution in [-0.2, 0) is 0 Å². The van der Waals surface area contributed by atoms with Gasteiger partial charge in [0.1, 0.15) is 5.75 Å². The third-order valence-corrected chi connectivity index (χ3v) is 6.31. The Labute approximate surface area is 202 Å². The van der Waals surface area contributed by atoms with E-state index < -0.39 is 0 Å². The summed E-state index contributed by atoms with van der Waals surface area (Å²) < 4.78 is 18.7. The number of ether oxygens (including phenoxy) is 3. The lowest BCUT2D eigenvalue weighted by molar-refractivity contribution is 0.305. The number of unbranched alkanes of at least 4 members (excludes halogenated alkanes) is 3. The van der Waals surface area contributed by atoms with Crippen LogP contribution in [0.3, 0.4) is 0 Å². The summed E-state index contributed by atoms with van der Waals surface area (Å²) in [5.41, 5.74) is 1.49. The number of methoxy groups -OCH3 is 1. The van der Waals surface area contributed by atoms with Crippen molar-refractivity contribution in [2.24, 2.45) is 0 Å². The molecule has 0 aliphatic heterocycles. The van der Waals surface area contributed by atoms with Gasteiger partial charge in [0.25, 0.3) is 5.56 Å². The third-order valence-electron chi connectivity index (χ3n) is 5.35. The van der Waals surface area contributed by atoms with Gasteiger partial charge in [-0.2, -0.15) is 9.50 Å². The fourth-order valence-corrected chi connectivity index (χ4v) is 4.48. The Morgan fingerprint density at radius 2 is 1.82 bits per heavy atom. The molecule has 0 saturated heterocycles. The first-order chi connectivity index (χ1) is 16.6. The number of nitrogens with zero attached hydrogens (tertiary/aromatic N) is 3. The summed E-state index contributed by atoms with van der Waals surface area (Å²) in [5.74, 6) is 2.64. The molecule has 0 amide bonds. The maximum Gasteiger partial charge on any atom is 0.291 e. The lowest BCUT2D eigenvalue weighted by Crippen LogP contribution is -2.23. The smallest absolute Gasteiger partial charge is 0.291 e. The number of hydrogen-bond donors (Lipinski definition) is 0. The van der Waals surface area contributed by atoms with E-state index in [9.17, 15) is 4.79 Å². The van der Waals surface area contributed by atoms with Gasteiger partial charge >= 0.3 is 0 Å². The van der Waals surface area contributed by atoms with E-state index in [4.69, 9.17) is 14.2 Å². The maximum absolute atomic E-state index is 12.9. The van der Waals surface area contributed by atoms with Crippen LogP contribution in [0.2, 0.25) is 0 Å². The first kappa shape index (κ1) is 23.8. The molecule has 0 spiro atoms. The molecule has 7 nitrogen and oxygen atoms in total. The molecule has 0 saturated carbocycles. The number of rotatable bonds is 11. The summed E-state index contributed by atoms with van der Waals surface area (Å²) in [4.78, 5) is 18.0. The molecule has 0 aliphatic rings. The van der Waals surface area contributed by atoms with Crippen LogP contribution in [0.25, 0.3) is 22.4 Å². The largest absolute Gasteiger partial charge is 0.494 e. The predicted octanol–water partition coefficient (Wildman–Crippen LogP) is 4.73. The van der Waals surface area contributed by atoms with Crippen molar-refractivity contribution in [1.82, 2.24) is 14.6 Å². The molecule has 0 unspecified atom stereocenters. The first-order valence-corrected chi connectivity index (χ1v) is 12.4. The summed E-state index contributed by atoms with van der Waals surface area (Å²) >= 11 is 1.31. The quantitative estimate of drug-likeness (QED) is 0.290. The Morgan fingerprint density at radius 1 is 1.00 bits per heavy atom. The van der Waals surface area contributed by atoms with Crippen LogP contribution in [0.4, 0.5) is 0 Å². The van der Waals surface area contributed by atoms with Gasteiger partial charge in [-0.3, -0.25) is 4.79 Å². The van der Waals surface area contributed by atoms with Gasteiger partial charge in [-0.25, -0.2) is 0 Å². The summed E-state index contributed by atoms with van der Waals surface area (Å²) in [6.07, 6.45) is 6.51. The normalized spacial score (nSPS) is 11.8. The lowest BCUT2D eigenvalue weighted by atomic mass is 10.2. The Bertz CT molecular complexity index is 1350. The van der Waals surface area contributed by atoms with Gasteiger partial charge in [-0.1, -0.05) is 43.6 Å². The highest BCUT2D eigenvalue weighted by atomic mass is 32.1. The van der Waals surface area contributed by atoms with Crippen molar-refractivity contribution in [2.75, 3.05) is 20.3 Å². The number of benzene rings is 2. The molecule has 178 valence electrons. The van der Waals surface area contributed by atoms with Gasteiger partial charge in [0.15, 0.2) is 17.3 Å². The molecule has 4 aromatic rings. The van der Waals surface area contributed by atoms with Crippen LogP contribution >= 0.6 is 11.3 Å². The van der Waals surface area contributed by atoms with Crippen molar-refractivity contribution < 1.29 is 14.2 Å². The SMILES string of the molecule is CCCCCCOc1ccc(-c2nc3sc(=Cc4ccc(OCC)c(OC)c4)c(=O)n3n2)cc1. The molecular formula is C26H29N3O4S. The average molecular weight is 480 g/mol. The van der Waals surface area contributed by atoms with Gasteiger partial charge in [-0.15, -0.1) is 5.10 Å². The van der Waals surface area contributed by atoms with Crippen LogP contribution in [0.5, 0.6) is 17.2 Å². The zero-order valence-electron chi connectivity index (χ0n) is 19.7. The fraction of sp³-hybridized carbons (Fsp3) is 0.346. The Morgan fingerprint density at radius 3 is 2.53 bits per heavy atom. The van der Waals surface area contributed by atoms with E-state index in [-0.39, 0.29) is 5.56 Å². The topological polar surface area (TPSA) is 75.0 Å². The molecule has 0 aliphatic carbocycles. The van der Waals surface area contributed by atoms with Crippen molar-refractivity contribution in [3.8, 4) is 28.6 Å². The first-order valence-electron chi connectivity index (χ1n) is 11.6. The molecule has 2 heterocycles. The number of aromatic nitrogens is 3. The Kier molecular flexibility index (Phi) is 7.80. The van der Waals surface area contributed by atoms with Gasteiger partial charge in [0.05, 0.1) is 24.9 Å². The van der Waals surface area contributed by atoms with E-state index in [1.807, 2.05) is 55.5 Å². The van der Waals surface area contributed by atoms with Gasteiger partial charge < -0.3 is 14.2 Å². The van der Waals surface area contributed by atoms with Crippen molar-refractivity contribution in [1.29, 1.82) is 0 Å². The molecule has 2 aromatic heterocycles. The van der Waals surface area contributed by atoms with Crippen LogP contribution in [0, 0.1) is 0 Å². The van der Waals surface area contributed by atoms with E-state index in [1.54, 1.807) is 7.11 Å². The predicted molar refractivity (Wildman–Crippen MR) is 135 cm³/mol. The minimum Gasteiger partial charge on any atom is -0.494 e. The minimum atomic E-state index is -0.196. The molecule has 0 fully saturated rings. The Hall–Kier alpha value is -3.39. The van der Waals surface area contributed by atoms with Crippen molar-refractivity contribution in [2.45, 2.75) is 39.5 Å². The van der Waals surface area contributed by atoms with Crippen molar-refractivity contribution in [3.05, 3.63) is 62.9 Å². The Balaban J connectivity index is 1.52. The molecule has 2 aromatic carbocycles. The van der Waals surface area contributed by atoms with Crippen LogP contribution in [-0.4, -0.2) is 34.9 Å². The van der Waals surface area contributed by atoms with Crippen molar-refractivity contribution >= 4 is 22.4 Å². The fourth-order valence-electron chi connectivity index (χ4n) is 3.58. The minimum absolute atomic E-state index is 0.196. The zero-order valence-corrected chi connectivity index (χ0v) is 20.6. The highest BCUT2D eigenvalue weighted by Gasteiger charge is 2.13. The molecular weight excluding hydrogens is 450 g/mol. The maximum atomic E-state index is 12.9. The van der Waals surface area contributed by atoms with E-state index in [0.717, 1.165) is 29.9 Å². The average Bonchev–Trinajstić information content (AvgIpc) is 3.39. The second-order valence-corrected chi connectivity index (χ2v) is 8.83. The molecule has 0 radical (unpaired) electrons.